The number of carbonyl (C=O) groups excluding carboxylic acids is 1. The third-order valence-corrected chi connectivity index (χ3v) is 6.05. The standard InChI is InChI=1S/C31H28O6/c1-33-28-17-25(13-15-26(28)34-19-22-8-4-2-5-9-22)31(30-21-36-30)37-29-16-24(18-32)12-14-27(29)35-20-23-10-6-3-7-11-23/h2-18,30-31H,19-21H2,1H3/t30-,31+/m0/s1. The van der Waals surface area contributed by atoms with Crippen LogP contribution >= 0.6 is 0 Å². The smallest absolute Gasteiger partial charge is 0.163 e. The van der Waals surface area contributed by atoms with Crippen LogP contribution in [0.25, 0.3) is 0 Å². The van der Waals surface area contributed by atoms with Crippen molar-refractivity contribution >= 4 is 6.29 Å². The molecule has 188 valence electrons. The summed E-state index contributed by atoms with van der Waals surface area (Å²) in [5.41, 5.74) is 3.47. The molecule has 0 N–H and O–H groups in total. The second-order valence-corrected chi connectivity index (χ2v) is 8.69. The summed E-state index contributed by atoms with van der Waals surface area (Å²) in [6.07, 6.45) is 0.249. The Bertz CT molecular complexity index is 1320. The maximum atomic E-state index is 11.5. The van der Waals surface area contributed by atoms with Crippen molar-refractivity contribution in [3.8, 4) is 23.0 Å². The van der Waals surface area contributed by atoms with E-state index < -0.39 is 6.10 Å². The van der Waals surface area contributed by atoms with Crippen LogP contribution in [0.2, 0.25) is 0 Å². The molecule has 0 unspecified atom stereocenters. The van der Waals surface area contributed by atoms with Gasteiger partial charge in [-0.1, -0.05) is 66.7 Å². The molecule has 0 aromatic heterocycles. The van der Waals surface area contributed by atoms with E-state index in [9.17, 15) is 4.79 Å². The van der Waals surface area contributed by atoms with Crippen molar-refractivity contribution in [3.63, 3.8) is 0 Å². The van der Waals surface area contributed by atoms with Crippen LogP contribution in [0.3, 0.4) is 0 Å². The number of hydrogen-bond donors (Lipinski definition) is 0. The second kappa shape index (κ2) is 11.6. The lowest BCUT2D eigenvalue weighted by atomic mass is 10.1. The van der Waals surface area contributed by atoms with Gasteiger partial charge >= 0.3 is 0 Å². The molecule has 6 heteroatoms. The summed E-state index contributed by atoms with van der Waals surface area (Å²) in [5, 5.41) is 0. The van der Waals surface area contributed by atoms with Crippen molar-refractivity contribution in [2.24, 2.45) is 0 Å². The first kappa shape index (κ1) is 24.4. The molecule has 0 bridgehead atoms. The Morgan fingerprint density at radius 1 is 0.784 bits per heavy atom. The van der Waals surface area contributed by atoms with E-state index >= 15 is 0 Å². The normalized spacial score (nSPS) is 14.9. The Kier molecular flexibility index (Phi) is 7.67. The molecule has 0 saturated carbocycles. The fourth-order valence-electron chi connectivity index (χ4n) is 3.99. The Balaban J connectivity index is 1.37. The van der Waals surface area contributed by atoms with Gasteiger partial charge in [-0.25, -0.2) is 0 Å². The Morgan fingerprint density at radius 3 is 1.95 bits per heavy atom. The molecule has 4 aromatic rings. The maximum absolute atomic E-state index is 11.5. The number of hydrogen-bond acceptors (Lipinski definition) is 6. The van der Waals surface area contributed by atoms with Crippen LogP contribution in [0.5, 0.6) is 23.0 Å². The van der Waals surface area contributed by atoms with Crippen molar-refractivity contribution in [1.82, 2.24) is 0 Å². The summed E-state index contributed by atoms with van der Waals surface area (Å²) in [4.78, 5) is 11.5. The largest absolute Gasteiger partial charge is 0.493 e. The highest BCUT2D eigenvalue weighted by molar-refractivity contribution is 5.76. The highest BCUT2D eigenvalue weighted by atomic mass is 16.6. The van der Waals surface area contributed by atoms with Gasteiger partial charge in [-0.2, -0.15) is 0 Å². The highest BCUT2D eigenvalue weighted by Crippen LogP contribution is 2.40. The zero-order valence-corrected chi connectivity index (χ0v) is 20.5. The summed E-state index contributed by atoms with van der Waals surface area (Å²) < 4.78 is 29.8. The van der Waals surface area contributed by atoms with Crippen LogP contribution in [0.15, 0.2) is 97.1 Å². The molecule has 5 rings (SSSR count). The van der Waals surface area contributed by atoms with Gasteiger partial charge in [-0.05, 0) is 47.0 Å². The molecular weight excluding hydrogens is 468 g/mol. The van der Waals surface area contributed by atoms with Crippen molar-refractivity contribution in [1.29, 1.82) is 0 Å². The number of carbonyl (C=O) groups is 1. The molecule has 37 heavy (non-hydrogen) atoms. The van der Waals surface area contributed by atoms with Crippen LogP contribution in [0, 0.1) is 0 Å². The van der Waals surface area contributed by atoms with Gasteiger partial charge in [0.05, 0.1) is 13.7 Å². The number of ether oxygens (including phenoxy) is 5. The lowest BCUT2D eigenvalue weighted by Gasteiger charge is -2.21. The van der Waals surface area contributed by atoms with Gasteiger partial charge in [0.2, 0.25) is 0 Å². The van der Waals surface area contributed by atoms with Gasteiger partial charge in [-0.15, -0.1) is 0 Å². The second-order valence-electron chi connectivity index (χ2n) is 8.69. The number of benzene rings is 4. The minimum Gasteiger partial charge on any atom is -0.493 e. The van der Waals surface area contributed by atoms with E-state index in [-0.39, 0.29) is 6.10 Å². The van der Waals surface area contributed by atoms with E-state index in [2.05, 4.69) is 0 Å². The van der Waals surface area contributed by atoms with Gasteiger partial charge in [0.1, 0.15) is 25.6 Å². The van der Waals surface area contributed by atoms with Crippen molar-refractivity contribution < 1.29 is 28.5 Å². The first-order valence-electron chi connectivity index (χ1n) is 12.1. The Morgan fingerprint density at radius 2 is 1.38 bits per heavy atom. The van der Waals surface area contributed by atoms with Gasteiger partial charge in [-0.3, -0.25) is 4.79 Å². The fraction of sp³-hybridized carbons (Fsp3) is 0.194. The summed E-state index contributed by atoms with van der Waals surface area (Å²) in [5.74, 6) is 2.27. The first-order chi connectivity index (χ1) is 18.2. The van der Waals surface area contributed by atoms with Crippen LogP contribution in [0.1, 0.15) is 33.2 Å². The Labute approximate surface area is 216 Å². The molecule has 0 aliphatic carbocycles. The minimum atomic E-state index is -0.418. The van der Waals surface area contributed by atoms with Gasteiger partial charge in [0.25, 0.3) is 0 Å². The first-order valence-corrected chi connectivity index (χ1v) is 12.1. The lowest BCUT2D eigenvalue weighted by Crippen LogP contribution is -2.15. The monoisotopic (exact) mass is 496 g/mol. The van der Waals surface area contributed by atoms with E-state index in [1.165, 1.54) is 0 Å². The molecule has 4 aromatic carbocycles. The molecule has 0 spiro atoms. The van der Waals surface area contributed by atoms with Crippen LogP contribution in [-0.2, 0) is 18.0 Å². The molecule has 1 aliphatic heterocycles. The molecule has 1 heterocycles. The predicted octanol–water partition coefficient (Wildman–Crippen LogP) is 6.18. The van der Waals surface area contributed by atoms with Crippen LogP contribution in [0.4, 0.5) is 0 Å². The third-order valence-electron chi connectivity index (χ3n) is 6.05. The SMILES string of the molecule is COc1cc([C@@H](Oc2cc(C=O)ccc2OCc2ccccc2)[C@@H]2CO2)ccc1OCc1ccccc1. The number of methoxy groups -OCH3 is 1. The van der Waals surface area contributed by atoms with Gasteiger partial charge < -0.3 is 23.7 Å². The lowest BCUT2D eigenvalue weighted by molar-refractivity contribution is 0.112. The number of aldehydes is 1. The van der Waals surface area contributed by atoms with Crippen LogP contribution in [-0.4, -0.2) is 26.1 Å². The van der Waals surface area contributed by atoms with E-state index in [0.717, 1.165) is 23.0 Å². The van der Waals surface area contributed by atoms with Gasteiger partial charge in [0.15, 0.2) is 29.1 Å². The summed E-state index contributed by atoms with van der Waals surface area (Å²) in [6.45, 7) is 1.39. The molecule has 6 nitrogen and oxygen atoms in total. The molecule has 0 amide bonds. The van der Waals surface area contributed by atoms with Crippen LogP contribution < -0.4 is 18.9 Å². The average molecular weight is 497 g/mol. The topological polar surface area (TPSA) is 66.5 Å². The van der Waals surface area contributed by atoms with E-state index in [4.69, 9.17) is 23.7 Å². The van der Waals surface area contributed by atoms with Gasteiger partial charge in [0, 0.05) is 5.56 Å². The zero-order chi connectivity index (χ0) is 25.5. The number of epoxide rings is 1. The zero-order valence-electron chi connectivity index (χ0n) is 20.5. The minimum absolute atomic E-state index is 0.123. The van der Waals surface area contributed by atoms with Crippen molar-refractivity contribution in [2.75, 3.05) is 13.7 Å². The van der Waals surface area contributed by atoms with E-state index in [0.29, 0.717) is 48.4 Å². The fourth-order valence-corrected chi connectivity index (χ4v) is 3.99. The summed E-state index contributed by atoms with van der Waals surface area (Å²) in [6, 6.07) is 30.7. The molecule has 2 atom stereocenters. The maximum Gasteiger partial charge on any atom is 0.163 e. The van der Waals surface area contributed by atoms with E-state index in [1.54, 1.807) is 25.3 Å². The Hall–Kier alpha value is -4.29. The highest BCUT2D eigenvalue weighted by Gasteiger charge is 2.37. The average Bonchev–Trinajstić information content (AvgIpc) is 3.80. The summed E-state index contributed by atoms with van der Waals surface area (Å²) in [7, 11) is 1.61. The number of rotatable bonds is 12. The molecule has 1 saturated heterocycles. The van der Waals surface area contributed by atoms with Crippen molar-refractivity contribution in [2.45, 2.75) is 25.4 Å². The third kappa shape index (κ3) is 6.29. The molecule has 0 radical (unpaired) electrons. The molecule has 1 fully saturated rings. The predicted molar refractivity (Wildman–Crippen MR) is 139 cm³/mol. The summed E-state index contributed by atoms with van der Waals surface area (Å²) >= 11 is 0. The van der Waals surface area contributed by atoms with Crippen molar-refractivity contribution in [3.05, 3.63) is 119 Å². The quantitative estimate of drug-likeness (QED) is 0.172. The van der Waals surface area contributed by atoms with E-state index in [1.807, 2.05) is 78.9 Å². The molecular formula is C31H28O6. The molecule has 1 aliphatic rings.